The van der Waals surface area contributed by atoms with Crippen LogP contribution in [0.15, 0.2) is 6.20 Å². The maximum Gasteiger partial charge on any atom is 0.0820 e. The fourth-order valence-electron chi connectivity index (χ4n) is 2.55. The molecule has 1 aromatic heterocycles. The maximum atomic E-state index is 6.28. The molecule has 0 aliphatic carbocycles. The number of hydrogen-bond donors (Lipinski definition) is 1. The van der Waals surface area contributed by atoms with Crippen molar-refractivity contribution in [3.05, 3.63) is 16.9 Å². The Hall–Kier alpha value is -0.540. The van der Waals surface area contributed by atoms with E-state index >= 15 is 0 Å². The molecule has 0 saturated carbocycles. The minimum absolute atomic E-state index is 0.558. The van der Waals surface area contributed by atoms with Crippen molar-refractivity contribution in [1.82, 2.24) is 15.1 Å². The summed E-state index contributed by atoms with van der Waals surface area (Å²) in [6.45, 7) is 7.60. The minimum Gasteiger partial charge on any atom is -0.316 e. The van der Waals surface area contributed by atoms with Crippen LogP contribution >= 0.6 is 11.6 Å². The summed E-state index contributed by atoms with van der Waals surface area (Å²) in [6.07, 6.45) is 4.06. The van der Waals surface area contributed by atoms with Crippen molar-refractivity contribution >= 4 is 11.6 Å². The molecule has 4 heteroatoms. The van der Waals surface area contributed by atoms with Gasteiger partial charge in [0, 0.05) is 12.5 Å². The lowest BCUT2D eigenvalue weighted by Gasteiger charge is -2.30. The van der Waals surface area contributed by atoms with Gasteiger partial charge >= 0.3 is 0 Å². The highest BCUT2D eigenvalue weighted by atomic mass is 35.5. The number of hydrogen-bond acceptors (Lipinski definition) is 2. The van der Waals surface area contributed by atoms with Crippen molar-refractivity contribution in [3.8, 4) is 0 Å². The van der Waals surface area contributed by atoms with Crippen LogP contribution in [0.1, 0.15) is 38.3 Å². The van der Waals surface area contributed by atoms with Crippen LogP contribution in [0.4, 0.5) is 0 Å². The Balaban J connectivity index is 2.26. The van der Waals surface area contributed by atoms with E-state index in [4.69, 9.17) is 11.6 Å². The fourth-order valence-corrected chi connectivity index (χ4v) is 2.83. The first kappa shape index (κ1) is 11.9. The van der Waals surface area contributed by atoms with E-state index in [0.29, 0.717) is 11.8 Å². The molecule has 1 fully saturated rings. The van der Waals surface area contributed by atoms with Crippen molar-refractivity contribution in [3.63, 3.8) is 0 Å². The highest BCUT2D eigenvalue weighted by Crippen LogP contribution is 2.34. The lowest BCUT2D eigenvalue weighted by Crippen LogP contribution is -2.34. The minimum atomic E-state index is 0.558. The molecule has 1 aliphatic rings. The summed E-state index contributed by atoms with van der Waals surface area (Å²) in [5.41, 5.74) is 1.25. The average molecular weight is 242 g/mol. The van der Waals surface area contributed by atoms with Crippen LogP contribution in [0.5, 0.6) is 0 Å². The van der Waals surface area contributed by atoms with Gasteiger partial charge in [-0.1, -0.05) is 25.4 Å². The molecule has 1 aliphatic heterocycles. The fraction of sp³-hybridized carbons (Fsp3) is 0.750. The molecule has 3 nitrogen and oxygen atoms in total. The molecule has 0 radical (unpaired) electrons. The Kier molecular flexibility index (Phi) is 3.87. The monoisotopic (exact) mass is 241 g/mol. The van der Waals surface area contributed by atoms with Gasteiger partial charge < -0.3 is 5.32 Å². The zero-order chi connectivity index (χ0) is 11.5. The van der Waals surface area contributed by atoms with Gasteiger partial charge in [-0.05, 0) is 31.8 Å². The lowest BCUT2D eigenvalue weighted by molar-refractivity contribution is 0.331. The second kappa shape index (κ2) is 5.19. The second-order valence-electron chi connectivity index (χ2n) is 4.68. The molecule has 1 aromatic rings. The zero-order valence-electron chi connectivity index (χ0n) is 10.0. The molecule has 0 amide bonds. The molecule has 0 aromatic carbocycles. The van der Waals surface area contributed by atoms with Gasteiger partial charge in [0.15, 0.2) is 0 Å². The molecule has 16 heavy (non-hydrogen) atoms. The van der Waals surface area contributed by atoms with Crippen molar-refractivity contribution in [2.24, 2.45) is 5.92 Å². The van der Waals surface area contributed by atoms with E-state index in [0.717, 1.165) is 37.5 Å². The number of halogens is 1. The van der Waals surface area contributed by atoms with E-state index in [1.165, 1.54) is 5.69 Å². The van der Waals surface area contributed by atoms with Gasteiger partial charge in [0.25, 0.3) is 0 Å². The summed E-state index contributed by atoms with van der Waals surface area (Å²) in [4.78, 5) is 0. The Morgan fingerprint density at radius 1 is 1.62 bits per heavy atom. The molecule has 1 saturated heterocycles. The van der Waals surface area contributed by atoms with Crippen LogP contribution in [-0.4, -0.2) is 22.9 Å². The summed E-state index contributed by atoms with van der Waals surface area (Å²) in [6, 6.07) is 0. The van der Waals surface area contributed by atoms with Gasteiger partial charge in [0.1, 0.15) is 0 Å². The van der Waals surface area contributed by atoms with Crippen molar-refractivity contribution < 1.29 is 0 Å². The van der Waals surface area contributed by atoms with Gasteiger partial charge in [-0.3, -0.25) is 4.68 Å². The Morgan fingerprint density at radius 3 is 3.12 bits per heavy atom. The largest absolute Gasteiger partial charge is 0.316 e. The Bertz CT molecular complexity index is 348. The molecule has 1 N–H and O–H groups in total. The van der Waals surface area contributed by atoms with Crippen LogP contribution in [0, 0.1) is 5.92 Å². The highest BCUT2D eigenvalue weighted by Gasteiger charge is 2.27. The summed E-state index contributed by atoms with van der Waals surface area (Å²) in [5.74, 6) is 1.20. The third-order valence-electron chi connectivity index (χ3n) is 3.41. The molecule has 0 bridgehead atoms. The van der Waals surface area contributed by atoms with Gasteiger partial charge in [0.05, 0.1) is 16.9 Å². The molecule has 90 valence electrons. The highest BCUT2D eigenvalue weighted by molar-refractivity contribution is 6.31. The topological polar surface area (TPSA) is 29.9 Å². The van der Waals surface area contributed by atoms with E-state index in [1.807, 2.05) is 0 Å². The van der Waals surface area contributed by atoms with E-state index in [2.05, 4.69) is 28.9 Å². The first-order chi connectivity index (χ1) is 7.74. The molecule has 2 unspecified atom stereocenters. The predicted molar refractivity (Wildman–Crippen MR) is 66.9 cm³/mol. The molecule has 2 rings (SSSR count). The molecule has 2 heterocycles. The van der Waals surface area contributed by atoms with Crippen LogP contribution in [0.2, 0.25) is 5.02 Å². The van der Waals surface area contributed by atoms with E-state index in [1.54, 1.807) is 6.20 Å². The Labute approximate surface area is 102 Å². The number of rotatable bonds is 3. The van der Waals surface area contributed by atoms with Crippen molar-refractivity contribution in [2.75, 3.05) is 13.1 Å². The van der Waals surface area contributed by atoms with E-state index < -0.39 is 0 Å². The van der Waals surface area contributed by atoms with Crippen LogP contribution in [0.3, 0.4) is 0 Å². The van der Waals surface area contributed by atoms with Crippen LogP contribution in [0.25, 0.3) is 0 Å². The number of nitrogens with one attached hydrogen (secondary N) is 1. The zero-order valence-corrected chi connectivity index (χ0v) is 10.8. The van der Waals surface area contributed by atoms with Crippen molar-refractivity contribution in [1.29, 1.82) is 0 Å². The molecular weight excluding hydrogens is 222 g/mol. The summed E-state index contributed by atoms with van der Waals surface area (Å²) >= 11 is 6.28. The average Bonchev–Trinajstić information content (AvgIpc) is 2.62. The number of aryl methyl sites for hydroxylation is 1. The molecule has 0 spiro atoms. The number of aromatic nitrogens is 2. The summed E-state index contributed by atoms with van der Waals surface area (Å²) < 4.78 is 2.09. The SMILES string of the molecule is CCCn1ncc(Cl)c1C1CCNCC1C. The Morgan fingerprint density at radius 2 is 2.44 bits per heavy atom. The third-order valence-corrected chi connectivity index (χ3v) is 3.70. The molecular formula is C12H20ClN3. The van der Waals surface area contributed by atoms with Crippen LogP contribution in [-0.2, 0) is 6.54 Å². The maximum absolute atomic E-state index is 6.28. The van der Waals surface area contributed by atoms with E-state index in [9.17, 15) is 0 Å². The third kappa shape index (κ3) is 2.25. The van der Waals surface area contributed by atoms with Crippen molar-refractivity contribution in [2.45, 2.75) is 39.2 Å². The first-order valence-electron chi connectivity index (χ1n) is 6.16. The predicted octanol–water partition coefficient (Wildman–Crippen LogP) is 2.66. The van der Waals surface area contributed by atoms with Gasteiger partial charge in [-0.25, -0.2) is 0 Å². The normalized spacial score (nSPS) is 25.9. The van der Waals surface area contributed by atoms with Gasteiger partial charge in [-0.2, -0.15) is 5.10 Å². The quantitative estimate of drug-likeness (QED) is 0.882. The van der Waals surface area contributed by atoms with E-state index in [-0.39, 0.29) is 0 Å². The second-order valence-corrected chi connectivity index (χ2v) is 5.08. The van der Waals surface area contributed by atoms with Gasteiger partial charge in [-0.15, -0.1) is 0 Å². The van der Waals surface area contributed by atoms with Gasteiger partial charge in [0.2, 0.25) is 0 Å². The smallest absolute Gasteiger partial charge is 0.0820 e. The first-order valence-corrected chi connectivity index (χ1v) is 6.53. The van der Waals surface area contributed by atoms with Crippen LogP contribution < -0.4 is 5.32 Å². The summed E-state index contributed by atoms with van der Waals surface area (Å²) in [7, 11) is 0. The molecule has 2 atom stereocenters. The number of piperidine rings is 1. The summed E-state index contributed by atoms with van der Waals surface area (Å²) in [5, 5.41) is 8.64. The number of nitrogens with zero attached hydrogens (tertiary/aromatic N) is 2. The standard InChI is InChI=1S/C12H20ClN3/c1-3-6-16-12(11(13)8-15-16)10-4-5-14-7-9(10)2/h8-10,14H,3-7H2,1-2H3. The lowest BCUT2D eigenvalue weighted by atomic mass is 9.85.